The van der Waals surface area contributed by atoms with E-state index >= 15 is 0 Å². The Kier molecular flexibility index (Phi) is 4.01. The number of piperidine rings is 1. The van der Waals surface area contributed by atoms with E-state index in [9.17, 15) is 19.2 Å². The lowest BCUT2D eigenvalue weighted by molar-refractivity contribution is -0.131. The molecule has 1 saturated carbocycles. The number of nitrogens with zero attached hydrogens (tertiary/aromatic N) is 3. The van der Waals surface area contributed by atoms with Gasteiger partial charge >= 0.3 is 5.69 Å². The number of benzene rings is 1. The average molecular weight is 355 g/mol. The second kappa shape index (κ2) is 6.23. The fraction of sp³-hybridized carbons (Fsp3) is 0.474. The molecular formula is C19H21N3O4. The lowest BCUT2D eigenvalue weighted by Gasteiger charge is -2.25. The van der Waals surface area contributed by atoms with Gasteiger partial charge in [-0.15, -0.1) is 0 Å². The number of Topliss-reactive ketones (excluding diaryl/α,β-unsaturated/α-hetero) is 1. The molecule has 0 unspecified atom stereocenters. The molecule has 1 aromatic heterocycles. The molecule has 1 saturated heterocycles. The predicted molar refractivity (Wildman–Crippen MR) is 95.5 cm³/mol. The normalized spacial score (nSPS) is 19.6. The van der Waals surface area contributed by atoms with Gasteiger partial charge in [-0.1, -0.05) is 6.07 Å². The summed E-state index contributed by atoms with van der Waals surface area (Å²) in [6.45, 7) is 0. The SMILES string of the molecule is Cn1c(=O)n(N2C(=O)CCCC2=O)c2ccc(C3CCC(=O)CC3)cc21. The van der Waals surface area contributed by atoms with E-state index in [0.717, 1.165) is 23.4 Å². The van der Waals surface area contributed by atoms with Crippen LogP contribution in [0.3, 0.4) is 0 Å². The molecule has 0 radical (unpaired) electrons. The standard InChI is InChI=1S/C19H21N3O4/c1-20-16-11-13(12-5-8-14(23)9-6-12)7-10-15(16)21(19(20)26)22-17(24)3-2-4-18(22)25/h7,10-12H,2-6,8-9H2,1H3. The van der Waals surface area contributed by atoms with E-state index in [0.29, 0.717) is 42.0 Å². The first-order valence-corrected chi connectivity index (χ1v) is 9.06. The van der Waals surface area contributed by atoms with Crippen molar-refractivity contribution in [1.82, 2.24) is 9.24 Å². The minimum atomic E-state index is -0.403. The second-order valence-corrected chi connectivity index (χ2v) is 7.17. The van der Waals surface area contributed by atoms with Gasteiger partial charge in [-0.3, -0.25) is 19.0 Å². The maximum absolute atomic E-state index is 12.7. The number of amides is 2. The maximum Gasteiger partial charge on any atom is 0.348 e. The molecule has 7 heteroatoms. The minimum Gasteiger partial charge on any atom is -0.300 e. The van der Waals surface area contributed by atoms with E-state index in [1.54, 1.807) is 13.1 Å². The summed E-state index contributed by atoms with van der Waals surface area (Å²) in [4.78, 5) is 48.7. The number of carbonyl (C=O) groups is 3. The number of imidazole rings is 1. The van der Waals surface area contributed by atoms with Gasteiger partial charge in [0.25, 0.3) is 0 Å². The van der Waals surface area contributed by atoms with Crippen LogP contribution in [0.4, 0.5) is 0 Å². The minimum absolute atomic E-state index is 0.267. The number of rotatable bonds is 2. The summed E-state index contributed by atoms with van der Waals surface area (Å²) in [7, 11) is 1.65. The van der Waals surface area contributed by atoms with E-state index in [1.807, 2.05) is 12.1 Å². The second-order valence-electron chi connectivity index (χ2n) is 7.17. The fourth-order valence-corrected chi connectivity index (χ4v) is 4.02. The molecule has 2 aromatic rings. The summed E-state index contributed by atoms with van der Waals surface area (Å²) in [6.07, 6.45) is 3.90. The van der Waals surface area contributed by atoms with Crippen molar-refractivity contribution in [3.8, 4) is 0 Å². The Morgan fingerprint density at radius 3 is 2.19 bits per heavy atom. The van der Waals surface area contributed by atoms with Gasteiger partial charge in [0.05, 0.1) is 11.0 Å². The van der Waals surface area contributed by atoms with E-state index in [4.69, 9.17) is 0 Å². The van der Waals surface area contributed by atoms with Crippen molar-refractivity contribution in [3.63, 3.8) is 0 Å². The van der Waals surface area contributed by atoms with Crippen LogP contribution in [0.25, 0.3) is 11.0 Å². The number of aromatic nitrogens is 2. The van der Waals surface area contributed by atoms with Crippen molar-refractivity contribution >= 4 is 28.6 Å². The molecule has 0 atom stereocenters. The van der Waals surface area contributed by atoms with Gasteiger partial charge < -0.3 is 0 Å². The average Bonchev–Trinajstić information content (AvgIpc) is 2.87. The molecule has 26 heavy (non-hydrogen) atoms. The van der Waals surface area contributed by atoms with Crippen LogP contribution in [-0.4, -0.2) is 26.8 Å². The third-order valence-electron chi connectivity index (χ3n) is 5.53. The van der Waals surface area contributed by atoms with Crippen LogP contribution in [0.15, 0.2) is 23.0 Å². The van der Waals surface area contributed by atoms with Gasteiger partial charge in [0.2, 0.25) is 11.8 Å². The zero-order chi connectivity index (χ0) is 18.4. The van der Waals surface area contributed by atoms with Crippen molar-refractivity contribution in [2.45, 2.75) is 50.9 Å². The van der Waals surface area contributed by atoms with E-state index in [2.05, 4.69) is 0 Å². The van der Waals surface area contributed by atoms with Gasteiger partial charge in [0.15, 0.2) is 0 Å². The van der Waals surface area contributed by atoms with Crippen LogP contribution in [-0.2, 0) is 21.4 Å². The monoisotopic (exact) mass is 355 g/mol. The number of aryl methyl sites for hydroxylation is 1. The van der Waals surface area contributed by atoms with Gasteiger partial charge in [-0.2, -0.15) is 9.69 Å². The van der Waals surface area contributed by atoms with Gasteiger partial charge in [0.1, 0.15) is 5.78 Å². The zero-order valence-corrected chi connectivity index (χ0v) is 14.7. The quantitative estimate of drug-likeness (QED) is 0.769. The highest BCUT2D eigenvalue weighted by Crippen LogP contribution is 2.32. The highest BCUT2D eigenvalue weighted by atomic mass is 16.2. The molecule has 4 rings (SSSR count). The Balaban J connectivity index is 1.80. The van der Waals surface area contributed by atoms with Gasteiger partial charge in [-0.25, -0.2) is 4.79 Å². The molecule has 0 N–H and O–H groups in total. The Morgan fingerprint density at radius 1 is 0.885 bits per heavy atom. The number of hydrogen-bond acceptors (Lipinski definition) is 4. The van der Waals surface area contributed by atoms with E-state index in [-0.39, 0.29) is 24.7 Å². The third kappa shape index (κ3) is 2.58. The molecule has 2 fully saturated rings. The van der Waals surface area contributed by atoms with Crippen molar-refractivity contribution in [2.75, 3.05) is 5.01 Å². The highest BCUT2D eigenvalue weighted by Gasteiger charge is 2.31. The zero-order valence-electron chi connectivity index (χ0n) is 14.7. The first-order chi connectivity index (χ1) is 12.5. The Hall–Kier alpha value is -2.70. The van der Waals surface area contributed by atoms with Gasteiger partial charge in [-0.05, 0) is 42.9 Å². The van der Waals surface area contributed by atoms with E-state index in [1.165, 1.54) is 9.24 Å². The lowest BCUT2D eigenvalue weighted by Crippen LogP contribution is -2.52. The molecule has 7 nitrogen and oxygen atoms in total. The Labute approximate surface area is 150 Å². The van der Waals surface area contributed by atoms with Crippen molar-refractivity contribution in [2.24, 2.45) is 7.05 Å². The highest BCUT2D eigenvalue weighted by molar-refractivity contribution is 6.10. The molecule has 2 aliphatic rings. The number of carbonyl (C=O) groups excluding carboxylic acids is 3. The molecule has 2 heterocycles. The maximum atomic E-state index is 12.7. The smallest absolute Gasteiger partial charge is 0.300 e. The van der Waals surface area contributed by atoms with Crippen LogP contribution < -0.4 is 10.7 Å². The van der Waals surface area contributed by atoms with Crippen LogP contribution in [0.1, 0.15) is 56.4 Å². The third-order valence-corrected chi connectivity index (χ3v) is 5.53. The molecular weight excluding hydrogens is 334 g/mol. The molecule has 0 bridgehead atoms. The summed E-state index contributed by atoms with van der Waals surface area (Å²) in [5, 5.41) is 0.993. The van der Waals surface area contributed by atoms with Crippen molar-refractivity contribution < 1.29 is 14.4 Å². The van der Waals surface area contributed by atoms with Crippen molar-refractivity contribution in [3.05, 3.63) is 34.2 Å². The molecule has 1 aliphatic carbocycles. The van der Waals surface area contributed by atoms with Crippen molar-refractivity contribution in [1.29, 1.82) is 0 Å². The topological polar surface area (TPSA) is 81.4 Å². The number of hydrogen-bond donors (Lipinski definition) is 0. The fourth-order valence-electron chi connectivity index (χ4n) is 4.02. The molecule has 0 spiro atoms. The summed E-state index contributed by atoms with van der Waals surface area (Å²) >= 11 is 0. The van der Waals surface area contributed by atoms with Crippen LogP contribution in [0, 0.1) is 0 Å². The van der Waals surface area contributed by atoms with Crippen LogP contribution >= 0.6 is 0 Å². The largest absolute Gasteiger partial charge is 0.348 e. The number of ketones is 1. The Bertz CT molecular complexity index is 959. The molecule has 1 aromatic carbocycles. The summed E-state index contributed by atoms with van der Waals surface area (Å²) in [5.74, 6) is -0.0757. The van der Waals surface area contributed by atoms with Crippen LogP contribution in [0.2, 0.25) is 0 Å². The summed E-state index contributed by atoms with van der Waals surface area (Å²) < 4.78 is 2.68. The Morgan fingerprint density at radius 2 is 1.54 bits per heavy atom. The molecule has 1 aliphatic heterocycles. The number of imide groups is 1. The number of fused-ring (bicyclic) bond motifs is 1. The lowest BCUT2D eigenvalue weighted by atomic mass is 9.83. The van der Waals surface area contributed by atoms with Gasteiger partial charge in [0, 0.05) is 32.7 Å². The summed E-state index contributed by atoms with van der Waals surface area (Å²) in [6, 6.07) is 5.70. The van der Waals surface area contributed by atoms with Crippen LogP contribution in [0.5, 0.6) is 0 Å². The first-order valence-electron chi connectivity index (χ1n) is 9.06. The van der Waals surface area contributed by atoms with E-state index < -0.39 is 5.69 Å². The first kappa shape index (κ1) is 16.8. The predicted octanol–water partition coefficient (Wildman–Crippen LogP) is 1.74. The molecule has 2 amide bonds. The molecule has 136 valence electrons. The summed E-state index contributed by atoms with van der Waals surface area (Å²) in [5.41, 5.74) is 1.93.